The first kappa shape index (κ1) is 17.7. The summed E-state index contributed by atoms with van der Waals surface area (Å²) in [6, 6.07) is 7.06. The van der Waals surface area contributed by atoms with Gasteiger partial charge >= 0.3 is 0 Å². The number of amides is 2. The molecule has 6 heteroatoms. The number of carbonyl (C=O) groups excluding carboxylic acids is 2. The summed E-state index contributed by atoms with van der Waals surface area (Å²) >= 11 is 0. The van der Waals surface area contributed by atoms with E-state index in [1.807, 2.05) is 4.90 Å². The van der Waals surface area contributed by atoms with Crippen molar-refractivity contribution in [3.8, 4) is 5.75 Å². The van der Waals surface area contributed by atoms with Crippen LogP contribution in [0.15, 0.2) is 24.3 Å². The molecule has 0 saturated carbocycles. The number of likely N-dealkylation sites (tertiary alicyclic amines) is 1. The van der Waals surface area contributed by atoms with E-state index in [0.717, 1.165) is 51.1 Å². The fourth-order valence-electron chi connectivity index (χ4n) is 3.18. The first-order chi connectivity index (χ1) is 12.2. The molecule has 2 saturated heterocycles. The third-order valence-electron chi connectivity index (χ3n) is 4.66. The molecule has 136 valence electrons. The molecule has 0 spiro atoms. The Morgan fingerprint density at radius 3 is 2.60 bits per heavy atom. The van der Waals surface area contributed by atoms with Crippen LogP contribution in [-0.2, 0) is 9.53 Å². The van der Waals surface area contributed by atoms with Crippen molar-refractivity contribution < 1.29 is 19.1 Å². The SMILES string of the molecule is O=C(NCCC(=O)N1CCCC1)c1ccc(OC[C@H]2CCCO2)cc1. The molecule has 0 aliphatic carbocycles. The van der Waals surface area contributed by atoms with Gasteiger partial charge in [0.1, 0.15) is 12.4 Å². The van der Waals surface area contributed by atoms with Gasteiger partial charge in [0.15, 0.2) is 0 Å². The van der Waals surface area contributed by atoms with Crippen molar-refractivity contribution in [2.24, 2.45) is 0 Å². The average Bonchev–Trinajstić information content (AvgIpc) is 3.34. The summed E-state index contributed by atoms with van der Waals surface area (Å²) in [7, 11) is 0. The molecular formula is C19H26N2O4. The van der Waals surface area contributed by atoms with Crippen LogP contribution in [0.4, 0.5) is 0 Å². The molecular weight excluding hydrogens is 320 g/mol. The monoisotopic (exact) mass is 346 g/mol. The van der Waals surface area contributed by atoms with Gasteiger partial charge in [0, 0.05) is 38.2 Å². The molecule has 0 aromatic heterocycles. The minimum atomic E-state index is -0.167. The lowest BCUT2D eigenvalue weighted by Crippen LogP contribution is -2.32. The van der Waals surface area contributed by atoms with Crippen molar-refractivity contribution in [3.63, 3.8) is 0 Å². The zero-order valence-electron chi connectivity index (χ0n) is 14.5. The molecule has 2 fully saturated rings. The van der Waals surface area contributed by atoms with E-state index >= 15 is 0 Å². The van der Waals surface area contributed by atoms with E-state index in [0.29, 0.717) is 25.1 Å². The topological polar surface area (TPSA) is 67.9 Å². The van der Waals surface area contributed by atoms with Crippen molar-refractivity contribution >= 4 is 11.8 Å². The van der Waals surface area contributed by atoms with Crippen molar-refractivity contribution in [1.82, 2.24) is 10.2 Å². The van der Waals surface area contributed by atoms with Gasteiger partial charge in [-0.2, -0.15) is 0 Å². The van der Waals surface area contributed by atoms with Gasteiger partial charge in [-0.25, -0.2) is 0 Å². The highest BCUT2D eigenvalue weighted by Gasteiger charge is 2.18. The van der Waals surface area contributed by atoms with Gasteiger partial charge in [-0.05, 0) is 49.9 Å². The number of nitrogens with one attached hydrogen (secondary N) is 1. The highest BCUT2D eigenvalue weighted by Crippen LogP contribution is 2.16. The van der Waals surface area contributed by atoms with Crippen LogP contribution < -0.4 is 10.1 Å². The standard InChI is InChI=1S/C19H26N2O4/c22-18(21-11-1-2-12-21)9-10-20-19(23)15-5-7-16(8-6-15)25-14-17-4-3-13-24-17/h5-8,17H,1-4,9-14H2,(H,20,23)/t17-/m1/s1. The first-order valence-electron chi connectivity index (χ1n) is 9.13. The molecule has 2 aliphatic rings. The van der Waals surface area contributed by atoms with Crippen LogP contribution in [0.25, 0.3) is 0 Å². The number of nitrogens with zero attached hydrogens (tertiary/aromatic N) is 1. The van der Waals surface area contributed by atoms with Gasteiger partial charge in [0.05, 0.1) is 6.10 Å². The summed E-state index contributed by atoms with van der Waals surface area (Å²) < 4.78 is 11.2. The molecule has 6 nitrogen and oxygen atoms in total. The summed E-state index contributed by atoms with van der Waals surface area (Å²) in [5, 5.41) is 2.80. The zero-order chi connectivity index (χ0) is 17.5. The van der Waals surface area contributed by atoms with Crippen LogP contribution in [-0.4, -0.2) is 55.7 Å². The van der Waals surface area contributed by atoms with Gasteiger partial charge < -0.3 is 19.7 Å². The molecule has 2 heterocycles. The number of rotatable bonds is 7. The Bertz CT molecular complexity index is 576. The molecule has 1 aromatic rings. The highest BCUT2D eigenvalue weighted by molar-refractivity contribution is 5.94. The minimum absolute atomic E-state index is 0.121. The third-order valence-corrected chi connectivity index (χ3v) is 4.66. The maximum Gasteiger partial charge on any atom is 0.251 e. The van der Waals surface area contributed by atoms with Crippen LogP contribution in [0.2, 0.25) is 0 Å². The second kappa shape index (κ2) is 8.85. The Morgan fingerprint density at radius 2 is 1.92 bits per heavy atom. The van der Waals surface area contributed by atoms with Crippen LogP contribution in [0, 0.1) is 0 Å². The van der Waals surface area contributed by atoms with E-state index in [2.05, 4.69) is 5.32 Å². The van der Waals surface area contributed by atoms with Gasteiger partial charge in [-0.3, -0.25) is 9.59 Å². The number of ether oxygens (including phenoxy) is 2. The van der Waals surface area contributed by atoms with Gasteiger partial charge in [-0.15, -0.1) is 0 Å². The molecule has 25 heavy (non-hydrogen) atoms. The van der Waals surface area contributed by atoms with Gasteiger partial charge in [-0.1, -0.05) is 0 Å². The number of hydrogen-bond donors (Lipinski definition) is 1. The van der Waals surface area contributed by atoms with Crippen molar-refractivity contribution in [1.29, 1.82) is 0 Å². The highest BCUT2D eigenvalue weighted by atomic mass is 16.5. The number of hydrogen-bond acceptors (Lipinski definition) is 4. The molecule has 2 aliphatic heterocycles. The van der Waals surface area contributed by atoms with E-state index in [1.54, 1.807) is 24.3 Å². The van der Waals surface area contributed by atoms with Crippen molar-refractivity contribution in [3.05, 3.63) is 29.8 Å². The van der Waals surface area contributed by atoms with Crippen LogP contribution in [0.1, 0.15) is 42.5 Å². The van der Waals surface area contributed by atoms with E-state index in [4.69, 9.17) is 9.47 Å². The van der Waals surface area contributed by atoms with Crippen molar-refractivity contribution in [2.45, 2.75) is 38.2 Å². The Balaban J connectivity index is 1.38. The Hall–Kier alpha value is -2.08. The Morgan fingerprint density at radius 1 is 1.16 bits per heavy atom. The van der Waals surface area contributed by atoms with E-state index in [-0.39, 0.29) is 17.9 Å². The Kier molecular flexibility index (Phi) is 6.28. The molecule has 0 unspecified atom stereocenters. The van der Waals surface area contributed by atoms with Gasteiger partial charge in [0.25, 0.3) is 5.91 Å². The van der Waals surface area contributed by atoms with Crippen LogP contribution >= 0.6 is 0 Å². The molecule has 0 radical (unpaired) electrons. The molecule has 1 aromatic carbocycles. The van der Waals surface area contributed by atoms with E-state index in [9.17, 15) is 9.59 Å². The summed E-state index contributed by atoms with van der Waals surface area (Å²) in [6.45, 7) is 3.42. The first-order valence-corrected chi connectivity index (χ1v) is 9.13. The Labute approximate surface area is 148 Å². The zero-order valence-corrected chi connectivity index (χ0v) is 14.5. The second-order valence-corrected chi connectivity index (χ2v) is 6.56. The predicted molar refractivity (Wildman–Crippen MR) is 93.7 cm³/mol. The fraction of sp³-hybridized carbons (Fsp3) is 0.579. The largest absolute Gasteiger partial charge is 0.491 e. The van der Waals surface area contributed by atoms with Crippen LogP contribution in [0.5, 0.6) is 5.75 Å². The normalized spacial score (nSPS) is 19.8. The fourth-order valence-corrected chi connectivity index (χ4v) is 3.18. The lowest BCUT2D eigenvalue weighted by atomic mass is 10.2. The summed E-state index contributed by atoms with van der Waals surface area (Å²) in [5.41, 5.74) is 0.568. The number of benzene rings is 1. The van der Waals surface area contributed by atoms with Crippen LogP contribution in [0.3, 0.4) is 0 Å². The summed E-state index contributed by atoms with van der Waals surface area (Å²) in [5.74, 6) is 0.687. The molecule has 1 atom stereocenters. The summed E-state index contributed by atoms with van der Waals surface area (Å²) in [6.07, 6.45) is 4.83. The maximum atomic E-state index is 12.1. The van der Waals surface area contributed by atoms with Gasteiger partial charge in [0.2, 0.25) is 5.91 Å². The molecule has 2 amide bonds. The smallest absolute Gasteiger partial charge is 0.251 e. The predicted octanol–water partition coefficient (Wildman–Crippen LogP) is 1.99. The lowest BCUT2D eigenvalue weighted by molar-refractivity contribution is -0.129. The second-order valence-electron chi connectivity index (χ2n) is 6.56. The quantitative estimate of drug-likeness (QED) is 0.820. The lowest BCUT2D eigenvalue weighted by Gasteiger charge is -2.15. The summed E-state index contributed by atoms with van der Waals surface area (Å²) in [4.78, 5) is 25.9. The minimum Gasteiger partial charge on any atom is -0.491 e. The third kappa shape index (κ3) is 5.19. The molecule has 0 bridgehead atoms. The average molecular weight is 346 g/mol. The molecule has 1 N–H and O–H groups in total. The van der Waals surface area contributed by atoms with E-state index < -0.39 is 0 Å². The van der Waals surface area contributed by atoms with Crippen molar-refractivity contribution in [2.75, 3.05) is 32.8 Å². The maximum absolute atomic E-state index is 12.1. The molecule has 3 rings (SSSR count). The van der Waals surface area contributed by atoms with E-state index in [1.165, 1.54) is 0 Å². The number of carbonyl (C=O) groups is 2.